The summed E-state index contributed by atoms with van der Waals surface area (Å²) < 4.78 is 0. The zero-order chi connectivity index (χ0) is 19.5. The molecule has 0 aromatic rings. The van der Waals surface area contributed by atoms with Crippen LogP contribution in [0.15, 0.2) is 0 Å². The predicted molar refractivity (Wildman–Crippen MR) is 123 cm³/mol. The summed E-state index contributed by atoms with van der Waals surface area (Å²) >= 11 is 0. The van der Waals surface area contributed by atoms with Gasteiger partial charge >= 0.3 is 0 Å². The Morgan fingerprint density at radius 2 is 1.18 bits per heavy atom. The fourth-order valence-corrected chi connectivity index (χ4v) is 8.64. The van der Waals surface area contributed by atoms with Crippen molar-refractivity contribution in [2.24, 2.45) is 34.5 Å². The van der Waals surface area contributed by atoms with Crippen LogP contribution in [0.2, 0.25) is 0 Å². The molecule has 5 saturated carbocycles. The molecule has 28 heavy (non-hydrogen) atoms. The van der Waals surface area contributed by atoms with Gasteiger partial charge in [0.2, 0.25) is 0 Å². The van der Waals surface area contributed by atoms with Crippen molar-refractivity contribution in [3.8, 4) is 0 Å². The molecule has 0 aromatic carbocycles. The van der Waals surface area contributed by atoms with Gasteiger partial charge in [-0.3, -0.25) is 0 Å². The van der Waals surface area contributed by atoms with Crippen LogP contribution in [0.4, 0.5) is 0 Å². The molecule has 0 nitrogen and oxygen atoms in total. The van der Waals surface area contributed by atoms with Crippen molar-refractivity contribution in [1.29, 1.82) is 0 Å². The van der Waals surface area contributed by atoms with Gasteiger partial charge in [0.1, 0.15) is 0 Å². The van der Waals surface area contributed by atoms with E-state index in [0.717, 1.165) is 34.5 Å². The third-order valence-electron chi connectivity index (χ3n) is 10.7. The highest BCUT2D eigenvalue weighted by Gasteiger charge is 2.51. The van der Waals surface area contributed by atoms with Gasteiger partial charge in [-0.1, -0.05) is 58.8 Å². The van der Waals surface area contributed by atoms with Crippen molar-refractivity contribution in [2.75, 3.05) is 0 Å². The maximum atomic E-state index is 2.41. The second-order valence-corrected chi connectivity index (χ2v) is 12.0. The lowest BCUT2D eigenvalue weighted by Crippen LogP contribution is -2.46. The summed E-state index contributed by atoms with van der Waals surface area (Å²) in [4.78, 5) is 0. The van der Waals surface area contributed by atoms with Gasteiger partial charge in [-0.2, -0.15) is 0 Å². The Hall–Kier alpha value is 0. The first-order valence-corrected chi connectivity index (χ1v) is 13.7. The van der Waals surface area contributed by atoms with Gasteiger partial charge in [-0.05, 0) is 118 Å². The second kappa shape index (κ2) is 9.43. The van der Waals surface area contributed by atoms with Crippen molar-refractivity contribution in [2.45, 2.75) is 142 Å². The summed E-state index contributed by atoms with van der Waals surface area (Å²) in [6.07, 6.45) is 31.1. The standard InChI is InChI=1S/C28H50/c1-3-5-6-7-23-8-10-24(11-9-23)25-12-14-26(15-13-25)28-20-17-27(16-4-2,18-21-28)19-22-28/h23-26H,3-22H2,1-2H3. The maximum Gasteiger partial charge on any atom is -0.0269 e. The van der Waals surface area contributed by atoms with Crippen LogP contribution >= 0.6 is 0 Å². The molecular formula is C28H50. The summed E-state index contributed by atoms with van der Waals surface area (Å²) in [5.41, 5.74) is 1.60. The average molecular weight is 387 g/mol. The first-order valence-electron chi connectivity index (χ1n) is 13.7. The topological polar surface area (TPSA) is 0 Å². The maximum absolute atomic E-state index is 2.41. The minimum Gasteiger partial charge on any atom is -0.0654 e. The van der Waals surface area contributed by atoms with E-state index in [1.165, 1.54) is 38.5 Å². The number of hydrogen-bond acceptors (Lipinski definition) is 0. The smallest absolute Gasteiger partial charge is 0.0269 e. The Bertz CT molecular complexity index is 436. The fourth-order valence-electron chi connectivity index (χ4n) is 8.64. The van der Waals surface area contributed by atoms with Crippen LogP contribution in [-0.4, -0.2) is 0 Å². The van der Waals surface area contributed by atoms with Crippen LogP contribution in [0.1, 0.15) is 142 Å². The molecule has 5 rings (SSSR count). The zero-order valence-electron chi connectivity index (χ0n) is 19.5. The van der Waals surface area contributed by atoms with Crippen molar-refractivity contribution in [3.05, 3.63) is 0 Å². The monoisotopic (exact) mass is 386 g/mol. The SMILES string of the molecule is CCCCCC1CCC(C2CCC(C34CCC(CCC)(CC3)CC4)CC2)CC1. The highest BCUT2D eigenvalue weighted by Crippen LogP contribution is 2.63. The van der Waals surface area contributed by atoms with E-state index in [9.17, 15) is 0 Å². The lowest BCUT2D eigenvalue weighted by Gasteiger charge is -2.58. The van der Waals surface area contributed by atoms with E-state index in [4.69, 9.17) is 0 Å². The van der Waals surface area contributed by atoms with E-state index in [1.54, 1.807) is 89.9 Å². The van der Waals surface area contributed by atoms with Gasteiger partial charge in [0, 0.05) is 0 Å². The third-order valence-corrected chi connectivity index (χ3v) is 10.7. The summed E-state index contributed by atoms with van der Waals surface area (Å²) in [7, 11) is 0. The van der Waals surface area contributed by atoms with E-state index in [1.807, 2.05) is 0 Å². The van der Waals surface area contributed by atoms with E-state index in [-0.39, 0.29) is 0 Å². The predicted octanol–water partition coefficient (Wildman–Crippen LogP) is 9.32. The van der Waals surface area contributed by atoms with Gasteiger partial charge < -0.3 is 0 Å². The molecule has 162 valence electrons. The highest BCUT2D eigenvalue weighted by atomic mass is 14.6. The zero-order valence-corrected chi connectivity index (χ0v) is 19.5. The molecule has 5 aliphatic rings. The van der Waals surface area contributed by atoms with E-state index in [2.05, 4.69) is 13.8 Å². The van der Waals surface area contributed by atoms with Gasteiger partial charge in [0.15, 0.2) is 0 Å². The van der Waals surface area contributed by atoms with Crippen LogP contribution < -0.4 is 0 Å². The molecule has 0 amide bonds. The van der Waals surface area contributed by atoms with Crippen molar-refractivity contribution in [1.82, 2.24) is 0 Å². The molecule has 0 spiro atoms. The lowest BCUT2D eigenvalue weighted by molar-refractivity contribution is -0.0674. The molecule has 0 heteroatoms. The molecule has 0 N–H and O–H groups in total. The van der Waals surface area contributed by atoms with Crippen molar-refractivity contribution >= 4 is 0 Å². The molecule has 0 saturated heterocycles. The lowest BCUT2D eigenvalue weighted by atomic mass is 9.47. The van der Waals surface area contributed by atoms with E-state index >= 15 is 0 Å². The largest absolute Gasteiger partial charge is 0.0654 e. The Labute approximate surface area is 177 Å². The molecule has 0 unspecified atom stereocenters. The molecule has 5 fully saturated rings. The average Bonchev–Trinajstić information content (AvgIpc) is 2.76. The quantitative estimate of drug-likeness (QED) is 0.364. The Morgan fingerprint density at radius 3 is 1.71 bits per heavy atom. The molecule has 0 aromatic heterocycles. The van der Waals surface area contributed by atoms with Crippen LogP contribution in [0.25, 0.3) is 0 Å². The fraction of sp³-hybridized carbons (Fsp3) is 1.00. The first-order chi connectivity index (χ1) is 13.7. The molecule has 0 aliphatic heterocycles. The minimum absolute atomic E-state index is 0.795. The third kappa shape index (κ3) is 4.51. The number of rotatable bonds is 8. The van der Waals surface area contributed by atoms with Gasteiger partial charge in [-0.15, -0.1) is 0 Å². The van der Waals surface area contributed by atoms with Crippen LogP contribution in [0.3, 0.4) is 0 Å². The minimum atomic E-state index is 0.795. The number of hydrogen-bond donors (Lipinski definition) is 0. The van der Waals surface area contributed by atoms with Crippen LogP contribution in [0.5, 0.6) is 0 Å². The van der Waals surface area contributed by atoms with Gasteiger partial charge in [-0.25, -0.2) is 0 Å². The summed E-state index contributed by atoms with van der Waals surface area (Å²) in [5, 5.41) is 0. The van der Waals surface area contributed by atoms with Crippen molar-refractivity contribution < 1.29 is 0 Å². The van der Waals surface area contributed by atoms with E-state index in [0.29, 0.717) is 0 Å². The molecule has 2 bridgehead atoms. The van der Waals surface area contributed by atoms with E-state index < -0.39 is 0 Å². The highest BCUT2D eigenvalue weighted by molar-refractivity contribution is 5.02. The summed E-state index contributed by atoms with van der Waals surface area (Å²) in [6, 6.07) is 0. The van der Waals surface area contributed by atoms with Gasteiger partial charge in [0.25, 0.3) is 0 Å². The van der Waals surface area contributed by atoms with Crippen LogP contribution in [-0.2, 0) is 0 Å². The van der Waals surface area contributed by atoms with Crippen molar-refractivity contribution in [3.63, 3.8) is 0 Å². The molecule has 0 heterocycles. The second-order valence-electron chi connectivity index (χ2n) is 12.0. The number of unbranched alkanes of at least 4 members (excludes halogenated alkanes) is 2. The summed E-state index contributed by atoms with van der Waals surface area (Å²) in [6.45, 7) is 4.75. The first kappa shape index (κ1) is 21.2. The molecule has 5 aliphatic carbocycles. The normalized spacial score (nSPS) is 43.9. The Kier molecular flexibility index (Phi) is 7.15. The molecule has 0 radical (unpaired) electrons. The Balaban J connectivity index is 1.21. The van der Waals surface area contributed by atoms with Crippen LogP contribution in [0, 0.1) is 34.5 Å². The molecular weight excluding hydrogens is 336 g/mol. The Morgan fingerprint density at radius 1 is 0.607 bits per heavy atom. The summed E-state index contributed by atoms with van der Waals surface area (Å²) in [5.74, 6) is 4.41. The number of fused-ring (bicyclic) bond motifs is 3. The van der Waals surface area contributed by atoms with Gasteiger partial charge in [0.05, 0.1) is 0 Å². The molecule has 0 atom stereocenters.